The van der Waals surface area contributed by atoms with Crippen LogP contribution in [0.25, 0.3) is 0 Å². The Morgan fingerprint density at radius 1 is 1.24 bits per heavy atom. The maximum absolute atomic E-state index is 12.0. The summed E-state index contributed by atoms with van der Waals surface area (Å²) in [5, 5.41) is 0. The van der Waals surface area contributed by atoms with Crippen LogP contribution in [0.5, 0.6) is 5.75 Å². The SMILES string of the molecule is O=C=NS(=O)(=O)c1ccccc1OC(F)(F)F. The van der Waals surface area contributed by atoms with Crippen LogP contribution in [0, 0.1) is 0 Å². The predicted molar refractivity (Wildman–Crippen MR) is 48.4 cm³/mol. The van der Waals surface area contributed by atoms with Crippen molar-refractivity contribution in [2.75, 3.05) is 0 Å². The number of alkyl halides is 3. The lowest BCUT2D eigenvalue weighted by Crippen LogP contribution is -2.18. The predicted octanol–water partition coefficient (Wildman–Crippen LogP) is 1.61. The van der Waals surface area contributed by atoms with Crippen LogP contribution in [0.2, 0.25) is 0 Å². The molecule has 0 fully saturated rings. The van der Waals surface area contributed by atoms with Gasteiger partial charge < -0.3 is 4.74 Å². The lowest BCUT2D eigenvalue weighted by molar-refractivity contribution is -0.275. The Hall–Kier alpha value is -1.86. The van der Waals surface area contributed by atoms with Crippen LogP contribution in [0.3, 0.4) is 0 Å². The maximum Gasteiger partial charge on any atom is 0.573 e. The van der Waals surface area contributed by atoms with Gasteiger partial charge in [0.1, 0.15) is 10.6 Å². The molecule has 0 aliphatic rings. The van der Waals surface area contributed by atoms with E-state index in [0.29, 0.717) is 0 Å². The van der Waals surface area contributed by atoms with Crippen LogP contribution in [0.4, 0.5) is 13.2 Å². The zero-order valence-corrected chi connectivity index (χ0v) is 8.75. The average Bonchev–Trinajstić information content (AvgIpc) is 2.15. The van der Waals surface area contributed by atoms with Gasteiger partial charge in [-0.05, 0) is 12.1 Å². The molecule has 0 saturated carbocycles. The van der Waals surface area contributed by atoms with Crippen molar-refractivity contribution in [1.82, 2.24) is 0 Å². The zero-order valence-electron chi connectivity index (χ0n) is 7.93. The summed E-state index contributed by atoms with van der Waals surface area (Å²) < 4.78 is 64.4. The van der Waals surface area contributed by atoms with Crippen LogP contribution in [-0.4, -0.2) is 20.9 Å². The molecule has 0 radical (unpaired) electrons. The summed E-state index contributed by atoms with van der Waals surface area (Å²) in [7, 11) is -4.54. The zero-order chi connectivity index (χ0) is 13.1. The molecule has 92 valence electrons. The van der Waals surface area contributed by atoms with E-state index >= 15 is 0 Å². The third-order valence-electron chi connectivity index (χ3n) is 1.51. The Morgan fingerprint density at radius 2 is 1.82 bits per heavy atom. The van der Waals surface area contributed by atoms with Crippen LogP contribution < -0.4 is 4.74 Å². The number of para-hydroxylation sites is 1. The van der Waals surface area contributed by atoms with E-state index in [1.165, 1.54) is 0 Å². The molecule has 1 rings (SSSR count). The van der Waals surface area contributed by atoms with Gasteiger partial charge in [-0.1, -0.05) is 16.5 Å². The van der Waals surface area contributed by atoms with E-state index in [9.17, 15) is 26.4 Å². The Balaban J connectivity index is 3.31. The smallest absolute Gasteiger partial charge is 0.404 e. The van der Waals surface area contributed by atoms with Crippen molar-refractivity contribution in [2.45, 2.75) is 11.3 Å². The number of hydrogen-bond acceptors (Lipinski definition) is 4. The van der Waals surface area contributed by atoms with Crippen molar-refractivity contribution in [2.24, 2.45) is 4.40 Å². The first-order valence-corrected chi connectivity index (χ1v) is 5.39. The third kappa shape index (κ3) is 3.58. The van der Waals surface area contributed by atoms with Gasteiger partial charge in [-0.25, -0.2) is 4.79 Å². The fourth-order valence-corrected chi connectivity index (χ4v) is 1.78. The second kappa shape index (κ2) is 4.56. The van der Waals surface area contributed by atoms with Crippen LogP contribution in [0.1, 0.15) is 0 Å². The number of ether oxygens (including phenoxy) is 1. The average molecular weight is 267 g/mol. The number of sulfonamides is 1. The van der Waals surface area contributed by atoms with Gasteiger partial charge in [-0.15, -0.1) is 13.2 Å². The van der Waals surface area contributed by atoms with Gasteiger partial charge in [0.05, 0.1) is 0 Å². The van der Waals surface area contributed by atoms with Crippen LogP contribution in [-0.2, 0) is 14.8 Å². The van der Waals surface area contributed by atoms with Gasteiger partial charge in [-0.2, -0.15) is 8.42 Å². The van der Waals surface area contributed by atoms with Crippen LogP contribution >= 0.6 is 0 Å². The summed E-state index contributed by atoms with van der Waals surface area (Å²) in [4.78, 5) is 9.00. The van der Waals surface area contributed by atoms with E-state index in [1.807, 2.05) is 0 Å². The highest BCUT2D eigenvalue weighted by Crippen LogP contribution is 2.30. The lowest BCUT2D eigenvalue weighted by atomic mass is 10.3. The van der Waals surface area contributed by atoms with Gasteiger partial charge in [-0.3, -0.25) is 0 Å². The molecule has 17 heavy (non-hydrogen) atoms. The summed E-state index contributed by atoms with van der Waals surface area (Å²) in [5.74, 6) is -0.959. The van der Waals surface area contributed by atoms with E-state index in [1.54, 1.807) is 0 Å². The number of hydrogen-bond donors (Lipinski definition) is 0. The highest BCUT2D eigenvalue weighted by molar-refractivity contribution is 7.90. The standard InChI is InChI=1S/C8H4F3NO4S/c9-8(10,11)16-6-3-1-2-4-7(6)17(14,15)12-5-13/h1-4H. The van der Waals surface area contributed by atoms with Crippen molar-refractivity contribution >= 4 is 16.1 Å². The number of nitrogens with zero attached hydrogens (tertiary/aromatic N) is 1. The molecule has 5 nitrogen and oxygen atoms in total. The molecular formula is C8H4F3NO4S. The van der Waals surface area contributed by atoms with Crippen molar-refractivity contribution in [1.29, 1.82) is 0 Å². The van der Waals surface area contributed by atoms with Crippen molar-refractivity contribution in [3.05, 3.63) is 24.3 Å². The fraction of sp³-hybridized carbons (Fsp3) is 0.125. The molecule has 9 heteroatoms. The van der Waals surface area contributed by atoms with Crippen molar-refractivity contribution in [3.8, 4) is 5.75 Å². The van der Waals surface area contributed by atoms with E-state index in [-0.39, 0.29) is 0 Å². The number of isocyanates is 1. The summed E-state index contributed by atoms with van der Waals surface area (Å²) in [6, 6.07) is 3.93. The van der Waals surface area contributed by atoms with E-state index in [0.717, 1.165) is 30.3 Å². The molecule has 0 bridgehead atoms. The van der Waals surface area contributed by atoms with Crippen molar-refractivity contribution < 1.29 is 31.1 Å². The van der Waals surface area contributed by atoms with Gasteiger partial charge >= 0.3 is 6.36 Å². The molecular weight excluding hydrogens is 263 g/mol. The Labute approximate surface area is 93.6 Å². The quantitative estimate of drug-likeness (QED) is 0.616. The Bertz CT molecular complexity index is 560. The molecule has 0 atom stereocenters. The Kier molecular flexibility index (Phi) is 3.54. The third-order valence-corrected chi connectivity index (χ3v) is 2.72. The summed E-state index contributed by atoms with van der Waals surface area (Å²) in [6.45, 7) is 0. The lowest BCUT2D eigenvalue weighted by Gasteiger charge is -2.11. The Morgan fingerprint density at radius 3 is 2.35 bits per heavy atom. The fourth-order valence-electron chi connectivity index (χ4n) is 0.971. The normalized spacial score (nSPS) is 11.7. The topological polar surface area (TPSA) is 72.8 Å². The number of benzene rings is 1. The number of halogens is 3. The minimum Gasteiger partial charge on any atom is -0.404 e. The van der Waals surface area contributed by atoms with E-state index in [4.69, 9.17) is 0 Å². The van der Waals surface area contributed by atoms with E-state index < -0.39 is 27.0 Å². The summed E-state index contributed by atoms with van der Waals surface area (Å²) >= 11 is 0. The molecule has 0 heterocycles. The van der Waals surface area contributed by atoms with Gasteiger partial charge in [0.25, 0.3) is 16.1 Å². The highest BCUT2D eigenvalue weighted by Gasteiger charge is 2.33. The maximum atomic E-state index is 12.0. The number of carbonyl (C=O) groups excluding carboxylic acids is 1. The molecule has 0 unspecified atom stereocenters. The highest BCUT2D eigenvalue weighted by atomic mass is 32.2. The molecule has 1 aromatic rings. The molecule has 0 spiro atoms. The number of rotatable bonds is 3. The molecule has 0 N–H and O–H groups in total. The molecule has 0 aromatic heterocycles. The van der Waals surface area contributed by atoms with Crippen LogP contribution in [0.15, 0.2) is 33.6 Å². The monoisotopic (exact) mass is 267 g/mol. The minimum atomic E-state index is -5.05. The second-order valence-corrected chi connectivity index (χ2v) is 4.22. The molecule has 0 amide bonds. The molecule has 0 saturated heterocycles. The summed E-state index contributed by atoms with van der Waals surface area (Å²) in [5.41, 5.74) is 0. The molecule has 0 aliphatic carbocycles. The first kappa shape index (κ1) is 13.2. The van der Waals surface area contributed by atoms with Gasteiger partial charge in [0.2, 0.25) is 0 Å². The first-order chi connectivity index (χ1) is 7.76. The molecule has 0 aliphatic heterocycles. The minimum absolute atomic E-state index is 0.747. The van der Waals surface area contributed by atoms with Gasteiger partial charge in [0.15, 0.2) is 0 Å². The second-order valence-electron chi connectivity index (χ2n) is 2.65. The largest absolute Gasteiger partial charge is 0.573 e. The molecule has 1 aromatic carbocycles. The van der Waals surface area contributed by atoms with Gasteiger partial charge in [0, 0.05) is 0 Å². The van der Waals surface area contributed by atoms with E-state index in [2.05, 4.69) is 9.13 Å². The van der Waals surface area contributed by atoms with Crippen molar-refractivity contribution in [3.63, 3.8) is 0 Å². The summed E-state index contributed by atoms with van der Waals surface area (Å²) in [6.07, 6.45) is -4.30. The first-order valence-electron chi connectivity index (χ1n) is 3.95.